The van der Waals surface area contributed by atoms with Gasteiger partial charge in [-0.3, -0.25) is 5.10 Å². The molecule has 1 N–H and O–H groups in total. The van der Waals surface area contributed by atoms with Crippen LogP contribution in [0.2, 0.25) is 0 Å². The van der Waals surface area contributed by atoms with E-state index in [0.29, 0.717) is 6.04 Å². The van der Waals surface area contributed by atoms with Gasteiger partial charge in [0.15, 0.2) is 4.77 Å². The van der Waals surface area contributed by atoms with E-state index in [-0.39, 0.29) is 0 Å². The zero-order valence-electron chi connectivity index (χ0n) is 7.92. The van der Waals surface area contributed by atoms with Crippen molar-refractivity contribution in [2.45, 2.75) is 45.1 Å². The number of H-pyrrole nitrogens is 1. The molecule has 1 fully saturated rings. The predicted octanol–water partition coefficient (Wildman–Crippen LogP) is 2.62. The Morgan fingerprint density at radius 2 is 2.23 bits per heavy atom. The van der Waals surface area contributed by atoms with Crippen LogP contribution in [0.3, 0.4) is 0 Å². The predicted molar refractivity (Wildman–Crippen MR) is 54.3 cm³/mol. The summed E-state index contributed by atoms with van der Waals surface area (Å²) in [5.41, 5.74) is 0. The third-order valence-electron chi connectivity index (χ3n) is 2.78. The normalized spacial score (nSPS) is 18.2. The zero-order chi connectivity index (χ0) is 9.26. The van der Waals surface area contributed by atoms with Crippen molar-refractivity contribution >= 4 is 12.2 Å². The summed E-state index contributed by atoms with van der Waals surface area (Å²) in [5, 5.41) is 7.11. The molecule has 0 atom stereocenters. The lowest BCUT2D eigenvalue weighted by atomic mass is 10.2. The molecule has 2 rings (SSSR count). The van der Waals surface area contributed by atoms with E-state index in [1.54, 1.807) is 0 Å². The molecule has 1 aromatic rings. The minimum atomic E-state index is 0.612. The van der Waals surface area contributed by atoms with E-state index >= 15 is 0 Å². The Hall–Kier alpha value is -0.640. The van der Waals surface area contributed by atoms with Crippen molar-refractivity contribution in [3.63, 3.8) is 0 Å². The molecule has 0 amide bonds. The van der Waals surface area contributed by atoms with Crippen LogP contribution in [0.25, 0.3) is 0 Å². The molecule has 0 bridgehead atoms. The SMILES string of the molecule is CCc1n[nH]c(=S)n1C1CCCC1. The second-order valence-corrected chi connectivity index (χ2v) is 3.99. The minimum absolute atomic E-state index is 0.612. The third-order valence-corrected chi connectivity index (χ3v) is 3.07. The highest BCUT2D eigenvalue weighted by molar-refractivity contribution is 7.71. The van der Waals surface area contributed by atoms with Crippen molar-refractivity contribution in [3.8, 4) is 0 Å². The summed E-state index contributed by atoms with van der Waals surface area (Å²) >= 11 is 5.22. The highest BCUT2D eigenvalue weighted by Gasteiger charge is 2.19. The largest absolute Gasteiger partial charge is 0.301 e. The van der Waals surface area contributed by atoms with Crippen molar-refractivity contribution < 1.29 is 0 Å². The van der Waals surface area contributed by atoms with Crippen LogP contribution in [0, 0.1) is 4.77 Å². The van der Waals surface area contributed by atoms with E-state index in [0.717, 1.165) is 17.0 Å². The van der Waals surface area contributed by atoms with E-state index in [2.05, 4.69) is 21.7 Å². The lowest BCUT2D eigenvalue weighted by Gasteiger charge is -2.12. The van der Waals surface area contributed by atoms with Gasteiger partial charge in [0, 0.05) is 12.5 Å². The standard InChI is InChI=1S/C9H15N3S/c1-2-8-10-11-9(13)12(8)7-5-3-4-6-7/h7H,2-6H2,1H3,(H,11,13). The number of aromatic amines is 1. The van der Waals surface area contributed by atoms with Crippen LogP contribution in [0.4, 0.5) is 0 Å². The molecule has 1 aliphatic carbocycles. The monoisotopic (exact) mass is 197 g/mol. The van der Waals surface area contributed by atoms with Crippen LogP contribution >= 0.6 is 12.2 Å². The first-order chi connectivity index (χ1) is 6.33. The second-order valence-electron chi connectivity index (χ2n) is 3.61. The van der Waals surface area contributed by atoms with Gasteiger partial charge in [-0.05, 0) is 25.1 Å². The fourth-order valence-electron chi connectivity index (χ4n) is 2.13. The number of aryl methyl sites for hydroxylation is 1. The summed E-state index contributed by atoms with van der Waals surface area (Å²) in [7, 11) is 0. The number of hydrogen-bond donors (Lipinski definition) is 1. The Bertz CT molecular complexity index is 333. The van der Waals surface area contributed by atoms with Crippen LogP contribution < -0.4 is 0 Å². The van der Waals surface area contributed by atoms with Crippen LogP contribution in [-0.2, 0) is 6.42 Å². The van der Waals surface area contributed by atoms with E-state index in [1.165, 1.54) is 25.7 Å². The average molecular weight is 197 g/mol. The van der Waals surface area contributed by atoms with Crippen molar-refractivity contribution in [1.29, 1.82) is 0 Å². The van der Waals surface area contributed by atoms with E-state index < -0.39 is 0 Å². The van der Waals surface area contributed by atoms with Gasteiger partial charge in [-0.25, -0.2) is 0 Å². The third kappa shape index (κ3) is 1.55. The number of rotatable bonds is 2. The first-order valence-electron chi connectivity index (χ1n) is 4.98. The van der Waals surface area contributed by atoms with Crippen LogP contribution in [0.5, 0.6) is 0 Å². The molecule has 3 nitrogen and oxygen atoms in total. The van der Waals surface area contributed by atoms with Gasteiger partial charge in [0.25, 0.3) is 0 Å². The molecular weight excluding hydrogens is 182 g/mol. The number of nitrogens with one attached hydrogen (secondary N) is 1. The molecule has 0 aliphatic heterocycles. The summed E-state index contributed by atoms with van der Waals surface area (Å²) in [6.07, 6.45) is 6.16. The first-order valence-corrected chi connectivity index (χ1v) is 5.39. The number of hydrogen-bond acceptors (Lipinski definition) is 2. The zero-order valence-corrected chi connectivity index (χ0v) is 8.73. The lowest BCUT2D eigenvalue weighted by Crippen LogP contribution is -2.08. The molecule has 4 heteroatoms. The van der Waals surface area contributed by atoms with Crippen molar-refractivity contribution in [2.24, 2.45) is 0 Å². The van der Waals surface area contributed by atoms with Crippen LogP contribution in [-0.4, -0.2) is 14.8 Å². The molecule has 1 heterocycles. The summed E-state index contributed by atoms with van der Waals surface area (Å²) in [6.45, 7) is 2.12. The molecular formula is C9H15N3S. The quantitative estimate of drug-likeness (QED) is 0.739. The Balaban J connectivity index is 2.36. The average Bonchev–Trinajstić information content (AvgIpc) is 2.72. The van der Waals surface area contributed by atoms with Crippen molar-refractivity contribution in [1.82, 2.24) is 14.8 Å². The first kappa shape index (κ1) is 8.94. The number of nitrogens with zero attached hydrogens (tertiary/aromatic N) is 2. The molecule has 72 valence electrons. The maximum Gasteiger partial charge on any atom is 0.195 e. The van der Waals surface area contributed by atoms with E-state index in [9.17, 15) is 0 Å². The molecule has 0 spiro atoms. The number of aromatic nitrogens is 3. The Morgan fingerprint density at radius 1 is 1.54 bits per heavy atom. The van der Waals surface area contributed by atoms with Gasteiger partial charge in [-0.15, -0.1) is 0 Å². The minimum Gasteiger partial charge on any atom is -0.301 e. The fraction of sp³-hybridized carbons (Fsp3) is 0.778. The van der Waals surface area contributed by atoms with E-state index in [4.69, 9.17) is 12.2 Å². The summed E-state index contributed by atoms with van der Waals surface area (Å²) in [6, 6.07) is 0.612. The summed E-state index contributed by atoms with van der Waals surface area (Å²) < 4.78 is 3.01. The molecule has 1 aliphatic rings. The van der Waals surface area contributed by atoms with Crippen molar-refractivity contribution in [2.75, 3.05) is 0 Å². The van der Waals surface area contributed by atoms with Gasteiger partial charge in [0.05, 0.1) is 0 Å². The smallest absolute Gasteiger partial charge is 0.195 e. The molecule has 0 radical (unpaired) electrons. The second kappa shape index (κ2) is 3.62. The maximum atomic E-state index is 5.22. The molecule has 1 aromatic heterocycles. The Kier molecular flexibility index (Phi) is 2.49. The molecule has 1 saturated carbocycles. The summed E-state index contributed by atoms with van der Waals surface area (Å²) in [5.74, 6) is 1.11. The van der Waals surface area contributed by atoms with Crippen LogP contribution in [0.1, 0.15) is 44.5 Å². The Morgan fingerprint density at radius 3 is 2.85 bits per heavy atom. The van der Waals surface area contributed by atoms with Gasteiger partial charge in [0.1, 0.15) is 5.82 Å². The fourth-order valence-corrected chi connectivity index (χ4v) is 2.43. The van der Waals surface area contributed by atoms with Gasteiger partial charge < -0.3 is 4.57 Å². The van der Waals surface area contributed by atoms with Crippen LogP contribution in [0.15, 0.2) is 0 Å². The lowest BCUT2D eigenvalue weighted by molar-refractivity contribution is 0.493. The molecule has 0 saturated heterocycles. The van der Waals surface area contributed by atoms with Gasteiger partial charge in [0.2, 0.25) is 0 Å². The molecule has 0 aromatic carbocycles. The van der Waals surface area contributed by atoms with Crippen molar-refractivity contribution in [3.05, 3.63) is 10.6 Å². The highest BCUT2D eigenvalue weighted by Crippen LogP contribution is 2.30. The molecule has 13 heavy (non-hydrogen) atoms. The van der Waals surface area contributed by atoms with Gasteiger partial charge in [-0.2, -0.15) is 5.10 Å². The Labute approximate surface area is 83.2 Å². The highest BCUT2D eigenvalue weighted by atomic mass is 32.1. The maximum absolute atomic E-state index is 5.22. The van der Waals surface area contributed by atoms with Gasteiger partial charge in [-0.1, -0.05) is 19.8 Å². The summed E-state index contributed by atoms with van der Waals surface area (Å²) in [4.78, 5) is 0. The van der Waals surface area contributed by atoms with E-state index in [1.807, 2.05) is 0 Å². The van der Waals surface area contributed by atoms with Gasteiger partial charge >= 0.3 is 0 Å². The topological polar surface area (TPSA) is 33.6 Å². The molecule has 0 unspecified atom stereocenters.